The largest absolute Gasteiger partial charge is 0.341 e. The SMILES string of the molecule is CCCN(Cc1ncc(-c2ccc(-c3ccc(-c4cnc(CN(CCC)C(=O)C(NC(=O)CC)c5ccccc5)s4)cc3)cc2)s1)C(=O)Cc1ccccc1. The van der Waals surface area contributed by atoms with Crippen LogP contribution in [-0.4, -0.2) is 50.6 Å². The first kappa shape index (κ1) is 39.2. The monoisotopic (exact) mass is 769 g/mol. The van der Waals surface area contributed by atoms with E-state index in [1.54, 1.807) is 34.5 Å². The number of thiazole rings is 2. The van der Waals surface area contributed by atoms with Crippen LogP contribution in [0.15, 0.2) is 122 Å². The minimum absolute atomic E-state index is 0.119. The fraction of sp³-hybridized carbons (Fsp3) is 0.267. The fourth-order valence-electron chi connectivity index (χ4n) is 6.37. The molecule has 10 heteroatoms. The van der Waals surface area contributed by atoms with E-state index < -0.39 is 6.04 Å². The molecular formula is C45H47N5O3S2. The van der Waals surface area contributed by atoms with E-state index in [-0.39, 0.29) is 17.7 Å². The molecule has 8 nitrogen and oxygen atoms in total. The Kier molecular flexibility index (Phi) is 13.7. The molecule has 0 aliphatic carbocycles. The van der Waals surface area contributed by atoms with Crippen LogP contribution < -0.4 is 5.32 Å². The third kappa shape index (κ3) is 10.4. The van der Waals surface area contributed by atoms with Crippen LogP contribution in [0, 0.1) is 0 Å². The number of carbonyl (C=O) groups is 3. The number of amides is 3. The van der Waals surface area contributed by atoms with Crippen LogP contribution in [0.3, 0.4) is 0 Å². The molecule has 1 atom stereocenters. The van der Waals surface area contributed by atoms with Gasteiger partial charge >= 0.3 is 0 Å². The normalized spacial score (nSPS) is 11.5. The quantitative estimate of drug-likeness (QED) is 0.0998. The Morgan fingerprint density at radius 2 is 1.09 bits per heavy atom. The summed E-state index contributed by atoms with van der Waals surface area (Å²) < 4.78 is 0. The van der Waals surface area contributed by atoms with Gasteiger partial charge in [0, 0.05) is 31.9 Å². The molecule has 1 N–H and O–H groups in total. The maximum absolute atomic E-state index is 13.8. The zero-order valence-corrected chi connectivity index (χ0v) is 33.2. The van der Waals surface area contributed by atoms with E-state index in [4.69, 9.17) is 4.98 Å². The van der Waals surface area contributed by atoms with Crippen molar-refractivity contribution in [2.24, 2.45) is 0 Å². The lowest BCUT2D eigenvalue weighted by Gasteiger charge is -2.27. The summed E-state index contributed by atoms with van der Waals surface area (Å²) in [4.78, 5) is 54.5. The molecule has 2 heterocycles. The van der Waals surface area contributed by atoms with Crippen LogP contribution >= 0.6 is 22.7 Å². The van der Waals surface area contributed by atoms with Gasteiger partial charge < -0.3 is 15.1 Å². The van der Waals surface area contributed by atoms with Gasteiger partial charge in [0.2, 0.25) is 17.7 Å². The Bertz CT molecular complexity index is 2150. The van der Waals surface area contributed by atoms with Crippen LogP contribution in [0.2, 0.25) is 0 Å². The number of hydrogen-bond donors (Lipinski definition) is 1. The lowest BCUT2D eigenvalue weighted by Crippen LogP contribution is -2.42. The topological polar surface area (TPSA) is 95.5 Å². The molecule has 6 aromatic rings. The molecule has 3 amide bonds. The molecule has 2 aromatic heterocycles. The molecule has 0 fully saturated rings. The molecule has 55 heavy (non-hydrogen) atoms. The highest BCUT2D eigenvalue weighted by molar-refractivity contribution is 7.15. The predicted octanol–water partition coefficient (Wildman–Crippen LogP) is 9.59. The maximum Gasteiger partial charge on any atom is 0.250 e. The van der Waals surface area contributed by atoms with Gasteiger partial charge in [-0.1, -0.05) is 130 Å². The average molecular weight is 770 g/mol. The van der Waals surface area contributed by atoms with Crippen molar-refractivity contribution in [3.8, 4) is 32.0 Å². The molecule has 0 spiro atoms. The summed E-state index contributed by atoms with van der Waals surface area (Å²) in [6, 6.07) is 35.5. The summed E-state index contributed by atoms with van der Waals surface area (Å²) in [7, 11) is 0. The van der Waals surface area contributed by atoms with Gasteiger partial charge in [-0.25, -0.2) is 9.97 Å². The van der Waals surface area contributed by atoms with Crippen molar-refractivity contribution in [1.82, 2.24) is 25.1 Å². The van der Waals surface area contributed by atoms with Crippen molar-refractivity contribution in [2.45, 2.75) is 65.6 Å². The third-order valence-electron chi connectivity index (χ3n) is 9.29. The number of aromatic nitrogens is 2. The molecule has 4 aromatic carbocycles. The smallest absolute Gasteiger partial charge is 0.250 e. The molecule has 6 rings (SSSR count). The van der Waals surface area contributed by atoms with Gasteiger partial charge in [-0.3, -0.25) is 14.4 Å². The number of carbonyl (C=O) groups excluding carboxylic acids is 3. The van der Waals surface area contributed by atoms with Gasteiger partial charge in [0.15, 0.2) is 0 Å². The summed E-state index contributed by atoms with van der Waals surface area (Å²) in [5.74, 6) is -0.181. The van der Waals surface area contributed by atoms with E-state index >= 15 is 0 Å². The highest BCUT2D eigenvalue weighted by atomic mass is 32.1. The summed E-state index contributed by atoms with van der Waals surface area (Å²) in [6.07, 6.45) is 6.15. The number of benzene rings is 4. The second-order valence-corrected chi connectivity index (χ2v) is 15.6. The molecule has 0 radical (unpaired) electrons. The lowest BCUT2D eigenvalue weighted by molar-refractivity contribution is -0.137. The van der Waals surface area contributed by atoms with E-state index in [0.29, 0.717) is 39.0 Å². The van der Waals surface area contributed by atoms with Crippen LogP contribution in [0.4, 0.5) is 0 Å². The second kappa shape index (κ2) is 19.2. The predicted molar refractivity (Wildman–Crippen MR) is 223 cm³/mol. The van der Waals surface area contributed by atoms with Crippen molar-refractivity contribution >= 4 is 40.4 Å². The Hall–Kier alpha value is -5.45. The van der Waals surface area contributed by atoms with Gasteiger partial charge in [0.25, 0.3) is 0 Å². The van der Waals surface area contributed by atoms with E-state index in [2.05, 4.69) is 65.8 Å². The van der Waals surface area contributed by atoms with Crippen LogP contribution in [-0.2, 0) is 33.9 Å². The van der Waals surface area contributed by atoms with Crippen molar-refractivity contribution < 1.29 is 14.4 Å². The van der Waals surface area contributed by atoms with E-state index in [9.17, 15) is 14.4 Å². The number of rotatable bonds is 17. The number of nitrogens with one attached hydrogen (secondary N) is 1. The fourth-order valence-corrected chi connectivity index (χ4v) is 8.25. The number of hydrogen-bond acceptors (Lipinski definition) is 7. The lowest BCUT2D eigenvalue weighted by atomic mass is 10.0. The summed E-state index contributed by atoms with van der Waals surface area (Å²) in [6.45, 7) is 8.07. The minimum Gasteiger partial charge on any atom is -0.341 e. The Labute approximate surface area is 331 Å². The summed E-state index contributed by atoms with van der Waals surface area (Å²) in [5, 5.41) is 4.70. The molecule has 282 valence electrons. The molecule has 0 saturated heterocycles. The van der Waals surface area contributed by atoms with E-state index in [1.807, 2.05) is 84.9 Å². The minimum atomic E-state index is -0.746. The second-order valence-electron chi connectivity index (χ2n) is 13.4. The first-order chi connectivity index (χ1) is 26.8. The van der Waals surface area contributed by atoms with Gasteiger partial charge in [0.05, 0.1) is 29.3 Å². The molecule has 1 unspecified atom stereocenters. The van der Waals surface area contributed by atoms with Crippen molar-refractivity contribution in [2.75, 3.05) is 13.1 Å². The zero-order chi connectivity index (χ0) is 38.6. The molecule has 0 bridgehead atoms. The Morgan fingerprint density at radius 3 is 1.60 bits per heavy atom. The third-order valence-corrected chi connectivity index (χ3v) is 11.3. The molecule has 0 saturated carbocycles. The zero-order valence-electron chi connectivity index (χ0n) is 31.6. The average Bonchev–Trinajstić information content (AvgIpc) is 3.90. The first-order valence-corrected chi connectivity index (χ1v) is 20.5. The Morgan fingerprint density at radius 1 is 0.618 bits per heavy atom. The highest BCUT2D eigenvalue weighted by Crippen LogP contribution is 2.32. The van der Waals surface area contributed by atoms with Crippen LogP contribution in [0.25, 0.3) is 32.0 Å². The van der Waals surface area contributed by atoms with Crippen molar-refractivity contribution in [1.29, 1.82) is 0 Å². The van der Waals surface area contributed by atoms with Crippen molar-refractivity contribution in [3.05, 3.63) is 143 Å². The van der Waals surface area contributed by atoms with Crippen LogP contribution in [0.1, 0.15) is 67.2 Å². The molecular weight excluding hydrogens is 723 g/mol. The van der Waals surface area contributed by atoms with Gasteiger partial charge in [-0.2, -0.15) is 0 Å². The highest BCUT2D eigenvalue weighted by Gasteiger charge is 2.27. The van der Waals surface area contributed by atoms with E-state index in [0.717, 1.165) is 66.0 Å². The van der Waals surface area contributed by atoms with Crippen LogP contribution in [0.5, 0.6) is 0 Å². The molecule has 0 aliphatic rings. The van der Waals surface area contributed by atoms with Gasteiger partial charge in [-0.05, 0) is 46.2 Å². The standard InChI is InChI=1S/C45H47N5O3S2/c1-4-25-49(43(52)27-32-13-9-7-10-14-32)30-41-46-28-38(54-41)35-21-17-33(18-22-35)34-19-23-36(24-20-34)39-29-47-42(55-39)31-50(26-5-2)45(53)44(48-40(51)6-3)37-15-11-8-12-16-37/h7-24,28-29,44H,4-6,25-27,30-31H2,1-3H3,(H,48,51). The van der Waals surface area contributed by atoms with Crippen molar-refractivity contribution in [3.63, 3.8) is 0 Å². The first-order valence-electron chi connectivity index (χ1n) is 18.9. The summed E-state index contributed by atoms with van der Waals surface area (Å²) >= 11 is 3.21. The Balaban J connectivity index is 1.09. The van der Waals surface area contributed by atoms with E-state index in [1.165, 1.54) is 0 Å². The number of nitrogens with zero attached hydrogens (tertiary/aromatic N) is 4. The maximum atomic E-state index is 13.8. The molecule has 0 aliphatic heterocycles. The summed E-state index contributed by atoms with van der Waals surface area (Å²) in [5.41, 5.74) is 6.17. The van der Waals surface area contributed by atoms with Gasteiger partial charge in [-0.15, -0.1) is 22.7 Å². The van der Waals surface area contributed by atoms with Gasteiger partial charge in [0.1, 0.15) is 16.1 Å².